The quantitative estimate of drug-likeness (QED) is 0.589. The van der Waals surface area contributed by atoms with E-state index in [4.69, 9.17) is 0 Å². The van der Waals surface area contributed by atoms with Crippen molar-refractivity contribution in [3.63, 3.8) is 0 Å². The van der Waals surface area contributed by atoms with Crippen LogP contribution in [0.1, 0.15) is 68.2 Å². The molecule has 2 fully saturated rings. The van der Waals surface area contributed by atoms with Crippen molar-refractivity contribution in [2.75, 3.05) is 0 Å². The van der Waals surface area contributed by atoms with Crippen molar-refractivity contribution in [2.24, 2.45) is 22.7 Å². The molecule has 0 heterocycles. The highest BCUT2D eigenvalue weighted by molar-refractivity contribution is 5.50. The Balaban J connectivity index is 1.70. The smallest absolute Gasteiger partial charge is 0.0129 e. The largest absolute Gasteiger partial charge is 0.0620 e. The molecule has 0 aliphatic heterocycles. The molecule has 3 aliphatic rings. The maximum absolute atomic E-state index is 2.60. The molecule has 3 aliphatic carbocycles. The first kappa shape index (κ1) is 14.8. The van der Waals surface area contributed by atoms with Gasteiger partial charge in [0.25, 0.3) is 0 Å². The first-order chi connectivity index (χ1) is 11.5. The third kappa shape index (κ3) is 1.70. The fraction of sp³-hybridized carbons (Fsp3) is 0.500. The van der Waals surface area contributed by atoms with Crippen LogP contribution >= 0.6 is 0 Å². The van der Waals surface area contributed by atoms with Crippen LogP contribution in [0.4, 0.5) is 0 Å². The molecule has 2 aromatic carbocycles. The number of hydrogen-bond donors (Lipinski definition) is 0. The van der Waals surface area contributed by atoms with Crippen molar-refractivity contribution in [1.29, 1.82) is 0 Å². The van der Waals surface area contributed by atoms with Gasteiger partial charge >= 0.3 is 0 Å². The van der Waals surface area contributed by atoms with E-state index in [9.17, 15) is 0 Å². The van der Waals surface area contributed by atoms with Gasteiger partial charge in [-0.15, -0.1) is 0 Å². The topological polar surface area (TPSA) is 0 Å². The summed E-state index contributed by atoms with van der Waals surface area (Å²) in [6.07, 6.45) is 5.38. The lowest BCUT2D eigenvalue weighted by molar-refractivity contribution is 0.0930. The Morgan fingerprint density at radius 2 is 1.42 bits per heavy atom. The van der Waals surface area contributed by atoms with Gasteiger partial charge in [0.05, 0.1) is 0 Å². The summed E-state index contributed by atoms with van der Waals surface area (Å²) in [5, 5.41) is 0. The van der Waals surface area contributed by atoms with E-state index in [0.29, 0.717) is 16.7 Å². The van der Waals surface area contributed by atoms with E-state index < -0.39 is 0 Å². The van der Waals surface area contributed by atoms with Crippen LogP contribution in [0, 0.1) is 22.7 Å². The van der Waals surface area contributed by atoms with Crippen molar-refractivity contribution in [2.45, 2.75) is 52.4 Å². The first-order valence-electron chi connectivity index (χ1n) is 9.68. The zero-order chi connectivity index (χ0) is 16.5. The molecule has 2 aromatic rings. The van der Waals surface area contributed by atoms with Crippen LogP contribution in [-0.2, 0) is 6.42 Å². The number of fused-ring (bicyclic) bond motifs is 4. The van der Waals surface area contributed by atoms with E-state index in [1.165, 1.54) is 19.3 Å². The van der Waals surface area contributed by atoms with Gasteiger partial charge in [-0.05, 0) is 70.6 Å². The Morgan fingerprint density at radius 1 is 0.833 bits per heavy atom. The van der Waals surface area contributed by atoms with E-state index in [1.54, 1.807) is 22.3 Å². The monoisotopic (exact) mass is 316 g/mol. The summed E-state index contributed by atoms with van der Waals surface area (Å²) >= 11 is 0. The lowest BCUT2D eigenvalue weighted by Gasteiger charge is -2.45. The van der Waals surface area contributed by atoms with E-state index in [-0.39, 0.29) is 0 Å². The Labute approximate surface area is 146 Å². The summed E-state index contributed by atoms with van der Waals surface area (Å²) in [4.78, 5) is 0. The van der Waals surface area contributed by atoms with E-state index in [2.05, 4.69) is 69.3 Å². The molecule has 124 valence electrons. The van der Waals surface area contributed by atoms with E-state index in [1.807, 2.05) is 0 Å². The van der Waals surface area contributed by atoms with Crippen LogP contribution < -0.4 is 0 Å². The summed E-state index contributed by atoms with van der Waals surface area (Å²) in [6.45, 7) is 7.70. The van der Waals surface area contributed by atoms with Crippen molar-refractivity contribution in [3.8, 4) is 0 Å². The second kappa shape index (κ2) is 4.75. The zero-order valence-corrected chi connectivity index (χ0v) is 15.2. The van der Waals surface area contributed by atoms with E-state index >= 15 is 0 Å². The maximum atomic E-state index is 2.60. The highest BCUT2D eigenvalue weighted by Gasteiger charge is 2.63. The summed E-state index contributed by atoms with van der Waals surface area (Å²) in [5.74, 6) is 2.29. The van der Waals surface area contributed by atoms with Gasteiger partial charge in [-0.3, -0.25) is 0 Å². The molecular weight excluding hydrogens is 288 g/mol. The zero-order valence-electron chi connectivity index (χ0n) is 15.2. The molecule has 0 spiro atoms. The molecule has 2 saturated carbocycles. The van der Waals surface area contributed by atoms with Gasteiger partial charge in [-0.1, -0.05) is 69.3 Å². The SMILES string of the molecule is CC1(C)[C@H]2CC[C@]1(C)[C@@H](C1c3ccccc3Cc3ccccc31)C2. The fourth-order valence-corrected chi connectivity index (χ4v) is 6.57. The second-order valence-electron chi connectivity index (χ2n) is 9.27. The second-order valence-corrected chi connectivity index (χ2v) is 9.27. The summed E-state index contributed by atoms with van der Waals surface area (Å²) in [7, 11) is 0. The van der Waals surface area contributed by atoms with Crippen LogP contribution in [0.25, 0.3) is 0 Å². The molecule has 0 nitrogen and oxygen atoms in total. The fourth-order valence-electron chi connectivity index (χ4n) is 6.57. The van der Waals surface area contributed by atoms with Crippen molar-refractivity contribution < 1.29 is 0 Å². The molecule has 5 rings (SSSR count). The molecule has 2 bridgehead atoms. The molecule has 0 radical (unpaired) electrons. The lowest BCUT2D eigenvalue weighted by Crippen LogP contribution is -2.36. The third-order valence-corrected chi connectivity index (χ3v) is 8.43. The molecule has 0 heteroatoms. The van der Waals surface area contributed by atoms with Crippen LogP contribution in [0.15, 0.2) is 48.5 Å². The van der Waals surface area contributed by atoms with Crippen LogP contribution in [-0.4, -0.2) is 0 Å². The predicted molar refractivity (Wildman–Crippen MR) is 100 cm³/mol. The van der Waals surface area contributed by atoms with Gasteiger partial charge in [0, 0.05) is 5.92 Å². The van der Waals surface area contributed by atoms with Crippen LogP contribution in [0.2, 0.25) is 0 Å². The summed E-state index contributed by atoms with van der Waals surface area (Å²) in [5.41, 5.74) is 7.31. The molecule has 3 atom stereocenters. The average Bonchev–Trinajstić information content (AvgIpc) is 2.93. The summed E-state index contributed by atoms with van der Waals surface area (Å²) in [6, 6.07) is 18.5. The van der Waals surface area contributed by atoms with Gasteiger partial charge in [-0.2, -0.15) is 0 Å². The van der Waals surface area contributed by atoms with Gasteiger partial charge in [0.1, 0.15) is 0 Å². The predicted octanol–water partition coefficient (Wildman–Crippen LogP) is 6.19. The highest BCUT2D eigenvalue weighted by atomic mass is 14.7. The summed E-state index contributed by atoms with van der Waals surface area (Å²) < 4.78 is 0. The standard InChI is InChI=1S/C24H28/c1-23(2)18-12-13-24(23,3)21(15-18)22-19-10-6-4-8-16(19)14-17-9-5-7-11-20(17)22/h4-11,18,21-22H,12-15H2,1-3H3/t18-,21+,24+/m0/s1. The van der Waals surface area contributed by atoms with Gasteiger partial charge in [-0.25, -0.2) is 0 Å². The minimum absolute atomic E-state index is 0.472. The minimum atomic E-state index is 0.472. The lowest BCUT2D eigenvalue weighted by atomic mass is 9.59. The normalized spacial score (nSPS) is 33.3. The van der Waals surface area contributed by atoms with Crippen LogP contribution in [0.5, 0.6) is 0 Å². The Kier molecular flexibility index (Phi) is 2.92. The average molecular weight is 316 g/mol. The number of hydrogen-bond acceptors (Lipinski definition) is 0. The van der Waals surface area contributed by atoms with Gasteiger partial charge in [0.2, 0.25) is 0 Å². The minimum Gasteiger partial charge on any atom is -0.0620 e. The molecule has 0 amide bonds. The number of benzene rings is 2. The molecule has 0 aromatic heterocycles. The van der Waals surface area contributed by atoms with Crippen molar-refractivity contribution >= 4 is 0 Å². The first-order valence-corrected chi connectivity index (χ1v) is 9.68. The maximum Gasteiger partial charge on any atom is 0.0129 e. The number of rotatable bonds is 1. The van der Waals surface area contributed by atoms with Crippen LogP contribution in [0.3, 0.4) is 0 Å². The molecule has 0 N–H and O–H groups in total. The molecule has 0 saturated heterocycles. The van der Waals surface area contributed by atoms with Gasteiger partial charge in [0.15, 0.2) is 0 Å². The molecule has 24 heavy (non-hydrogen) atoms. The van der Waals surface area contributed by atoms with Crippen molar-refractivity contribution in [1.82, 2.24) is 0 Å². The third-order valence-electron chi connectivity index (χ3n) is 8.43. The molecular formula is C24H28. The Morgan fingerprint density at radius 3 is 1.92 bits per heavy atom. The Hall–Kier alpha value is -1.56. The Bertz CT molecular complexity index is 754. The highest BCUT2D eigenvalue weighted by Crippen LogP contribution is 2.71. The van der Waals surface area contributed by atoms with Gasteiger partial charge < -0.3 is 0 Å². The van der Waals surface area contributed by atoms with E-state index in [0.717, 1.165) is 18.3 Å². The molecule has 0 unspecified atom stereocenters. The van der Waals surface area contributed by atoms with Crippen molar-refractivity contribution in [3.05, 3.63) is 70.8 Å².